The van der Waals surface area contributed by atoms with Crippen molar-refractivity contribution in [3.63, 3.8) is 0 Å². The fourth-order valence-corrected chi connectivity index (χ4v) is 3.13. The van der Waals surface area contributed by atoms with Gasteiger partial charge in [0, 0.05) is 24.9 Å². The molecule has 1 aromatic heterocycles. The normalized spacial score (nSPS) is 11.4. The largest absolute Gasteiger partial charge is 0.336 e. The first kappa shape index (κ1) is 20.5. The van der Waals surface area contributed by atoms with Crippen molar-refractivity contribution in [1.29, 1.82) is 5.26 Å². The SMILES string of the molecule is CC(C#N)Cn1ccnc1.[B]CC(c1ccccc1C)c1ccccc1C. The van der Waals surface area contributed by atoms with E-state index >= 15 is 0 Å². The van der Waals surface area contributed by atoms with Crippen molar-refractivity contribution in [1.82, 2.24) is 9.55 Å². The summed E-state index contributed by atoms with van der Waals surface area (Å²) in [6.07, 6.45) is 5.93. The minimum Gasteiger partial charge on any atom is -0.336 e. The molecular formula is C23H26BN3. The van der Waals surface area contributed by atoms with Gasteiger partial charge in [0.2, 0.25) is 0 Å². The van der Waals surface area contributed by atoms with E-state index < -0.39 is 0 Å². The zero-order valence-electron chi connectivity index (χ0n) is 16.3. The van der Waals surface area contributed by atoms with Gasteiger partial charge in [-0.15, -0.1) is 0 Å². The number of benzene rings is 2. The van der Waals surface area contributed by atoms with Gasteiger partial charge in [-0.25, -0.2) is 4.98 Å². The average molecular weight is 355 g/mol. The molecule has 1 atom stereocenters. The number of nitrogens with zero attached hydrogens (tertiary/aromatic N) is 3. The summed E-state index contributed by atoms with van der Waals surface area (Å²) in [6, 6.07) is 19.1. The summed E-state index contributed by atoms with van der Waals surface area (Å²) in [4.78, 5) is 3.86. The Bertz CT molecular complexity index is 820. The van der Waals surface area contributed by atoms with Gasteiger partial charge in [0.1, 0.15) is 0 Å². The summed E-state index contributed by atoms with van der Waals surface area (Å²) >= 11 is 0. The number of rotatable bonds is 5. The third kappa shape index (κ3) is 5.86. The summed E-state index contributed by atoms with van der Waals surface area (Å²) in [5.74, 6) is 0.367. The maximum absolute atomic E-state index is 8.45. The van der Waals surface area contributed by atoms with Crippen molar-refractivity contribution >= 4 is 7.85 Å². The zero-order chi connectivity index (χ0) is 19.6. The van der Waals surface area contributed by atoms with E-state index in [9.17, 15) is 0 Å². The molecule has 0 aliphatic heterocycles. The highest BCUT2D eigenvalue weighted by molar-refractivity contribution is 6.09. The van der Waals surface area contributed by atoms with Crippen LogP contribution in [-0.2, 0) is 6.54 Å². The lowest BCUT2D eigenvalue weighted by molar-refractivity contribution is 0.580. The van der Waals surface area contributed by atoms with Gasteiger partial charge in [0.05, 0.1) is 26.2 Å². The van der Waals surface area contributed by atoms with Gasteiger partial charge in [-0.1, -0.05) is 54.9 Å². The van der Waals surface area contributed by atoms with Gasteiger partial charge < -0.3 is 4.57 Å². The van der Waals surface area contributed by atoms with Gasteiger partial charge in [0.25, 0.3) is 0 Å². The quantitative estimate of drug-likeness (QED) is 0.600. The number of imidazole rings is 1. The van der Waals surface area contributed by atoms with E-state index in [1.165, 1.54) is 22.3 Å². The van der Waals surface area contributed by atoms with Crippen LogP contribution < -0.4 is 0 Å². The number of aromatic nitrogens is 2. The molecule has 4 heteroatoms. The van der Waals surface area contributed by atoms with Crippen LogP contribution >= 0.6 is 0 Å². The maximum Gasteiger partial charge on any atom is 0.0946 e. The van der Waals surface area contributed by atoms with Gasteiger partial charge in [-0.05, 0) is 43.0 Å². The topological polar surface area (TPSA) is 41.6 Å². The third-order valence-electron chi connectivity index (χ3n) is 4.63. The molecule has 3 nitrogen and oxygen atoms in total. The van der Waals surface area contributed by atoms with Gasteiger partial charge in [-0.2, -0.15) is 5.26 Å². The van der Waals surface area contributed by atoms with E-state index in [1.807, 2.05) is 17.7 Å². The van der Waals surface area contributed by atoms with Crippen molar-refractivity contribution in [2.45, 2.75) is 39.6 Å². The standard InChI is InChI=1S/C16H17B.C7H9N3/c1-12-7-3-5-9-14(12)16(11-17)15-10-6-4-8-13(15)2;1-7(4-8)5-10-3-2-9-6-10/h3-10,16H,11H2,1-2H3;2-3,6-7H,5H2,1H3. The van der Waals surface area contributed by atoms with Crippen LogP contribution in [0.3, 0.4) is 0 Å². The molecule has 2 aromatic carbocycles. The molecule has 0 amide bonds. The molecule has 2 radical (unpaired) electrons. The highest BCUT2D eigenvalue weighted by Gasteiger charge is 2.14. The monoisotopic (exact) mass is 355 g/mol. The second kappa shape index (κ2) is 10.4. The first-order valence-electron chi connectivity index (χ1n) is 9.23. The second-order valence-electron chi connectivity index (χ2n) is 6.79. The van der Waals surface area contributed by atoms with E-state index in [0.29, 0.717) is 12.2 Å². The lowest BCUT2D eigenvalue weighted by Gasteiger charge is -2.20. The average Bonchev–Trinajstić information content (AvgIpc) is 3.18. The summed E-state index contributed by atoms with van der Waals surface area (Å²) in [7, 11) is 5.97. The van der Waals surface area contributed by atoms with Crippen LogP contribution in [0.25, 0.3) is 0 Å². The van der Waals surface area contributed by atoms with Crippen LogP contribution in [-0.4, -0.2) is 17.4 Å². The Morgan fingerprint density at radius 3 is 2.00 bits per heavy atom. The van der Waals surface area contributed by atoms with Crippen LogP contribution in [0, 0.1) is 31.1 Å². The molecule has 0 aliphatic carbocycles. The molecule has 0 saturated carbocycles. The van der Waals surface area contributed by atoms with Crippen molar-refractivity contribution in [3.8, 4) is 6.07 Å². The minimum atomic E-state index is 0.0641. The van der Waals surface area contributed by atoms with Gasteiger partial charge >= 0.3 is 0 Å². The Kier molecular flexibility index (Phi) is 7.89. The van der Waals surface area contributed by atoms with Crippen molar-refractivity contribution < 1.29 is 0 Å². The fraction of sp³-hybridized carbons (Fsp3) is 0.304. The lowest BCUT2D eigenvalue weighted by atomic mass is 9.78. The Labute approximate surface area is 164 Å². The molecule has 3 aromatic rings. The Hall–Kier alpha value is -2.80. The first-order chi connectivity index (χ1) is 13.1. The molecule has 136 valence electrons. The van der Waals surface area contributed by atoms with E-state index in [0.717, 1.165) is 6.54 Å². The van der Waals surface area contributed by atoms with Crippen LogP contribution in [0.2, 0.25) is 6.32 Å². The molecular weight excluding hydrogens is 329 g/mol. The summed E-state index contributed by atoms with van der Waals surface area (Å²) in [6.45, 7) is 6.92. The molecule has 1 heterocycles. The predicted molar refractivity (Wildman–Crippen MR) is 112 cm³/mol. The van der Waals surface area contributed by atoms with Gasteiger partial charge in [-0.3, -0.25) is 0 Å². The summed E-state index contributed by atoms with van der Waals surface area (Å²) < 4.78 is 1.90. The molecule has 3 rings (SSSR count). The van der Waals surface area contributed by atoms with Crippen LogP contribution in [0.4, 0.5) is 0 Å². The Balaban J connectivity index is 0.000000223. The van der Waals surface area contributed by atoms with Crippen molar-refractivity contribution in [2.24, 2.45) is 5.92 Å². The van der Waals surface area contributed by atoms with E-state index in [4.69, 9.17) is 13.1 Å². The Morgan fingerprint density at radius 2 is 1.59 bits per heavy atom. The molecule has 27 heavy (non-hydrogen) atoms. The molecule has 0 spiro atoms. The van der Waals surface area contributed by atoms with Crippen LogP contribution in [0.1, 0.15) is 35.1 Å². The first-order valence-corrected chi connectivity index (χ1v) is 9.23. The minimum absolute atomic E-state index is 0.0641. The number of hydrogen-bond acceptors (Lipinski definition) is 2. The molecule has 0 bridgehead atoms. The maximum atomic E-state index is 8.45. The summed E-state index contributed by atoms with van der Waals surface area (Å²) in [5.41, 5.74) is 5.30. The zero-order valence-corrected chi connectivity index (χ0v) is 16.3. The molecule has 0 fully saturated rings. The number of aryl methyl sites for hydroxylation is 2. The Morgan fingerprint density at radius 1 is 1.04 bits per heavy atom. The van der Waals surface area contributed by atoms with Crippen LogP contribution in [0.5, 0.6) is 0 Å². The number of nitriles is 1. The van der Waals surface area contributed by atoms with E-state index in [-0.39, 0.29) is 5.92 Å². The third-order valence-corrected chi connectivity index (χ3v) is 4.63. The van der Waals surface area contributed by atoms with Crippen molar-refractivity contribution in [3.05, 3.63) is 89.5 Å². The fourth-order valence-electron chi connectivity index (χ4n) is 3.13. The van der Waals surface area contributed by atoms with E-state index in [1.54, 1.807) is 12.5 Å². The molecule has 1 unspecified atom stereocenters. The lowest BCUT2D eigenvalue weighted by Crippen LogP contribution is -2.04. The summed E-state index contributed by atoms with van der Waals surface area (Å²) in [5, 5.41) is 8.45. The molecule has 0 saturated heterocycles. The van der Waals surface area contributed by atoms with E-state index in [2.05, 4.69) is 73.4 Å². The second-order valence-corrected chi connectivity index (χ2v) is 6.79. The predicted octanol–water partition coefficient (Wildman–Crippen LogP) is 5.06. The van der Waals surface area contributed by atoms with Crippen molar-refractivity contribution in [2.75, 3.05) is 0 Å². The molecule has 0 aliphatic rings. The molecule has 0 N–H and O–H groups in total. The van der Waals surface area contributed by atoms with Crippen LogP contribution in [0.15, 0.2) is 67.3 Å². The smallest absolute Gasteiger partial charge is 0.0946 e. The van der Waals surface area contributed by atoms with Gasteiger partial charge in [0.15, 0.2) is 0 Å². The highest BCUT2D eigenvalue weighted by Crippen LogP contribution is 2.31. The number of hydrogen-bond donors (Lipinski definition) is 0. The highest BCUT2D eigenvalue weighted by atomic mass is 15.0.